The molecule has 7 nitrogen and oxygen atoms in total. The van der Waals surface area contributed by atoms with Gasteiger partial charge in [-0.25, -0.2) is 0 Å². The Balaban J connectivity index is 1.17. The lowest BCUT2D eigenvalue weighted by molar-refractivity contribution is 0.125. The molecular weight excluding hydrogens is 430 g/mol. The third-order valence-corrected chi connectivity index (χ3v) is 5.64. The zero-order valence-electron chi connectivity index (χ0n) is 19.2. The van der Waals surface area contributed by atoms with E-state index in [2.05, 4.69) is 64.3 Å². The number of fused-ring (bicyclic) bond motifs is 3. The number of aromatic hydroxyl groups is 2. The third-order valence-electron chi connectivity index (χ3n) is 5.64. The number of benzene rings is 3. The van der Waals surface area contributed by atoms with Crippen LogP contribution in [0.5, 0.6) is 11.5 Å². The van der Waals surface area contributed by atoms with Crippen LogP contribution in [0.2, 0.25) is 0 Å². The number of nitrogens with zero attached hydrogens (tertiary/aromatic N) is 3. The van der Waals surface area contributed by atoms with Gasteiger partial charge < -0.3 is 24.5 Å². The van der Waals surface area contributed by atoms with E-state index in [9.17, 15) is 10.2 Å². The second-order valence-electron chi connectivity index (χ2n) is 7.98. The van der Waals surface area contributed by atoms with Crippen LogP contribution in [0.4, 0.5) is 0 Å². The van der Waals surface area contributed by atoms with Crippen LogP contribution in [0.15, 0.2) is 71.0 Å². The lowest BCUT2D eigenvalue weighted by Gasteiger charge is -2.03. The largest absolute Gasteiger partial charge is 0.504 e. The first kappa shape index (κ1) is 23.2. The molecule has 2 N–H and O–H groups in total. The predicted octanol–water partition coefficient (Wildman–Crippen LogP) is 5.80. The lowest BCUT2D eigenvalue weighted by atomic mass is 10.1. The van der Waals surface area contributed by atoms with Crippen LogP contribution in [0.3, 0.4) is 0 Å². The Morgan fingerprint density at radius 2 is 1.38 bits per heavy atom. The molecule has 0 aliphatic carbocycles. The Morgan fingerprint density at radius 1 is 0.735 bits per heavy atom. The minimum absolute atomic E-state index is 0.161. The Bertz CT molecular complexity index is 1310. The molecule has 4 aromatic rings. The van der Waals surface area contributed by atoms with Crippen molar-refractivity contribution in [3.05, 3.63) is 71.8 Å². The summed E-state index contributed by atoms with van der Waals surface area (Å²) in [5.74, 6) is -0.345. The lowest BCUT2D eigenvalue weighted by Crippen LogP contribution is -1.94. The fourth-order valence-electron chi connectivity index (χ4n) is 3.92. The second-order valence-corrected chi connectivity index (χ2v) is 7.98. The smallest absolute Gasteiger partial charge is 0.158 e. The van der Waals surface area contributed by atoms with Gasteiger partial charge in [0.25, 0.3) is 0 Å². The van der Waals surface area contributed by atoms with E-state index >= 15 is 0 Å². The van der Waals surface area contributed by atoms with Gasteiger partial charge >= 0.3 is 0 Å². The van der Waals surface area contributed by atoms with Gasteiger partial charge in [-0.15, -0.1) is 0 Å². The fraction of sp³-hybridized carbons (Fsp3) is 0.259. The minimum atomic E-state index is -0.184. The van der Waals surface area contributed by atoms with E-state index in [1.165, 1.54) is 40.2 Å². The van der Waals surface area contributed by atoms with Crippen molar-refractivity contribution in [2.24, 2.45) is 10.3 Å². The summed E-state index contributed by atoms with van der Waals surface area (Å²) >= 11 is 0. The number of aromatic nitrogens is 1. The molecule has 0 amide bonds. The van der Waals surface area contributed by atoms with E-state index in [-0.39, 0.29) is 11.5 Å². The molecule has 34 heavy (non-hydrogen) atoms. The highest BCUT2D eigenvalue weighted by molar-refractivity contribution is 6.09. The topological polar surface area (TPSA) is 88.6 Å². The molecule has 1 aromatic heterocycles. The van der Waals surface area contributed by atoms with Crippen molar-refractivity contribution in [3.63, 3.8) is 0 Å². The molecule has 176 valence electrons. The van der Waals surface area contributed by atoms with Gasteiger partial charge in [-0.2, -0.15) is 0 Å². The van der Waals surface area contributed by atoms with Crippen LogP contribution >= 0.6 is 0 Å². The van der Waals surface area contributed by atoms with E-state index in [0.717, 1.165) is 31.4 Å². The first-order valence-corrected chi connectivity index (χ1v) is 11.5. The minimum Gasteiger partial charge on any atom is -0.504 e. The molecule has 7 heteroatoms. The molecule has 0 saturated carbocycles. The van der Waals surface area contributed by atoms with Gasteiger partial charge in [-0.3, -0.25) is 0 Å². The number of hydrogen-bond donors (Lipinski definition) is 2. The number of phenolic OH excluding ortho intramolecular Hbond substituents is 2. The fourth-order valence-corrected chi connectivity index (χ4v) is 3.92. The third kappa shape index (κ3) is 5.49. The molecule has 0 unspecified atom stereocenters. The summed E-state index contributed by atoms with van der Waals surface area (Å²) in [7, 11) is 0. The van der Waals surface area contributed by atoms with Gasteiger partial charge in [-0.05, 0) is 73.7 Å². The van der Waals surface area contributed by atoms with Crippen LogP contribution in [0.1, 0.15) is 37.3 Å². The summed E-state index contributed by atoms with van der Waals surface area (Å²) in [4.78, 5) is 10.6. The summed E-state index contributed by atoms with van der Waals surface area (Å²) in [6.45, 7) is 4.14. The van der Waals surface area contributed by atoms with Gasteiger partial charge in [-0.1, -0.05) is 34.6 Å². The summed E-state index contributed by atoms with van der Waals surface area (Å²) < 4.78 is 2.33. The summed E-state index contributed by atoms with van der Waals surface area (Å²) in [6.07, 6.45) is 5.92. The first-order chi connectivity index (χ1) is 16.7. The van der Waals surface area contributed by atoms with Crippen molar-refractivity contribution in [1.29, 1.82) is 0 Å². The Labute approximate surface area is 198 Å². The molecule has 0 spiro atoms. The van der Waals surface area contributed by atoms with Gasteiger partial charge in [0, 0.05) is 28.4 Å². The first-order valence-electron chi connectivity index (χ1n) is 11.5. The molecule has 0 bridgehead atoms. The van der Waals surface area contributed by atoms with Crippen molar-refractivity contribution in [1.82, 2.24) is 4.57 Å². The van der Waals surface area contributed by atoms with E-state index in [1.807, 2.05) is 0 Å². The normalized spacial score (nSPS) is 11.8. The number of unbranched alkanes of at least 4 members (excludes halogenated alkanes) is 2. The molecule has 1 heterocycles. The molecule has 0 aliphatic heterocycles. The van der Waals surface area contributed by atoms with E-state index in [4.69, 9.17) is 9.68 Å². The SMILES string of the molecule is CCn1c2ccccc2c2cc(/C=N/OCCCCCO/N=C/c3ccc(O)c(O)c3)ccc21. The van der Waals surface area contributed by atoms with Crippen LogP contribution in [-0.4, -0.2) is 40.4 Å². The Morgan fingerprint density at radius 3 is 2.09 bits per heavy atom. The van der Waals surface area contributed by atoms with Crippen LogP contribution in [0.25, 0.3) is 21.8 Å². The van der Waals surface area contributed by atoms with Gasteiger partial charge in [0.15, 0.2) is 11.5 Å². The quantitative estimate of drug-likeness (QED) is 0.128. The number of para-hydroxylation sites is 1. The number of oxime groups is 2. The van der Waals surface area contributed by atoms with Gasteiger partial charge in [0.05, 0.1) is 12.4 Å². The summed E-state index contributed by atoms with van der Waals surface area (Å²) in [6, 6.07) is 19.3. The molecule has 0 saturated heterocycles. The average molecular weight is 460 g/mol. The maximum Gasteiger partial charge on any atom is 0.158 e. The number of aryl methyl sites for hydroxylation is 1. The maximum absolute atomic E-state index is 9.44. The highest BCUT2D eigenvalue weighted by Gasteiger charge is 2.09. The molecular formula is C27H29N3O4. The molecule has 0 aliphatic rings. The molecule has 0 radical (unpaired) electrons. The van der Waals surface area contributed by atoms with E-state index < -0.39 is 0 Å². The van der Waals surface area contributed by atoms with Gasteiger partial charge in [0.2, 0.25) is 0 Å². The zero-order valence-corrected chi connectivity index (χ0v) is 19.2. The number of rotatable bonds is 11. The van der Waals surface area contributed by atoms with Crippen molar-refractivity contribution in [2.75, 3.05) is 13.2 Å². The molecule has 0 atom stereocenters. The van der Waals surface area contributed by atoms with Crippen LogP contribution in [0, 0.1) is 0 Å². The highest BCUT2D eigenvalue weighted by atomic mass is 16.6. The van der Waals surface area contributed by atoms with Crippen molar-refractivity contribution in [3.8, 4) is 11.5 Å². The highest BCUT2D eigenvalue weighted by Crippen LogP contribution is 2.29. The average Bonchev–Trinajstić information content (AvgIpc) is 3.17. The monoisotopic (exact) mass is 459 g/mol. The Kier molecular flexibility index (Phi) is 7.65. The summed E-state index contributed by atoms with van der Waals surface area (Å²) in [5.41, 5.74) is 4.14. The number of phenols is 2. The standard InChI is InChI=1S/C27H29N3O4/c1-2-30-24-9-5-4-8-22(24)23-16-20(10-12-25(23)30)18-28-33-14-6-3-7-15-34-29-19-21-11-13-26(31)27(32)17-21/h4-5,8-13,16-19,31-32H,2-3,6-7,14-15H2,1H3/b28-18+,29-19+. The van der Waals surface area contributed by atoms with Crippen LogP contribution in [-0.2, 0) is 16.2 Å². The second kappa shape index (κ2) is 11.2. The zero-order chi connectivity index (χ0) is 23.8. The predicted molar refractivity (Wildman–Crippen MR) is 136 cm³/mol. The maximum atomic E-state index is 9.44. The molecule has 0 fully saturated rings. The summed E-state index contributed by atoms with van der Waals surface area (Å²) in [5, 5.41) is 29.2. The van der Waals surface area contributed by atoms with Crippen molar-refractivity contribution < 1.29 is 19.9 Å². The van der Waals surface area contributed by atoms with E-state index in [1.54, 1.807) is 12.3 Å². The van der Waals surface area contributed by atoms with Crippen molar-refractivity contribution >= 4 is 34.2 Å². The van der Waals surface area contributed by atoms with Gasteiger partial charge in [0.1, 0.15) is 13.2 Å². The van der Waals surface area contributed by atoms with Crippen LogP contribution < -0.4 is 0 Å². The van der Waals surface area contributed by atoms with Crippen molar-refractivity contribution in [2.45, 2.75) is 32.7 Å². The molecule has 3 aromatic carbocycles. The molecule has 4 rings (SSSR count). The Hall–Kier alpha value is -4.00. The van der Waals surface area contributed by atoms with E-state index in [0.29, 0.717) is 18.8 Å². The number of hydrogen-bond acceptors (Lipinski definition) is 6.